The van der Waals surface area contributed by atoms with Gasteiger partial charge in [0, 0.05) is 6.04 Å². The Morgan fingerprint density at radius 1 is 1.41 bits per heavy atom. The lowest BCUT2D eigenvalue weighted by molar-refractivity contribution is 0.402. The van der Waals surface area contributed by atoms with Gasteiger partial charge in [0.05, 0.1) is 12.5 Å². The number of primary sulfonamides is 1. The molecular formula is C10H15ClN2O3S. The fourth-order valence-electron chi connectivity index (χ4n) is 1.39. The molecule has 0 saturated carbocycles. The molecule has 0 spiro atoms. The molecule has 0 amide bonds. The zero-order chi connectivity index (χ0) is 13.2. The molecule has 2 atom stereocenters. The summed E-state index contributed by atoms with van der Waals surface area (Å²) in [6.45, 7) is 1.73. The summed E-state index contributed by atoms with van der Waals surface area (Å²) in [6.07, 6.45) is 0. The Bertz CT molecular complexity index is 502. The minimum Gasteiger partial charge on any atom is -0.495 e. The van der Waals surface area contributed by atoms with Crippen LogP contribution in [0, 0.1) is 0 Å². The highest BCUT2D eigenvalue weighted by Gasteiger charge is 2.19. The largest absolute Gasteiger partial charge is 0.495 e. The standard InChI is InChI=1S/C10H15ClN2O3S/c1-6(12)10(11)7-3-4-8(16-2)9(5-7)17(13,14)15/h3-6,10H,12H2,1-2H3,(H2,13,14,15)/t6-,10-/m0/s1. The molecule has 0 unspecified atom stereocenters. The van der Waals surface area contributed by atoms with E-state index in [0.717, 1.165) is 0 Å². The number of halogens is 1. The molecule has 5 nitrogen and oxygen atoms in total. The van der Waals surface area contributed by atoms with Crippen molar-refractivity contribution in [3.63, 3.8) is 0 Å². The topological polar surface area (TPSA) is 95.4 Å². The Morgan fingerprint density at radius 2 is 2.00 bits per heavy atom. The third kappa shape index (κ3) is 3.32. The molecule has 17 heavy (non-hydrogen) atoms. The van der Waals surface area contributed by atoms with E-state index in [1.165, 1.54) is 19.2 Å². The average molecular weight is 279 g/mol. The molecule has 4 N–H and O–H groups in total. The SMILES string of the molecule is COc1ccc([C@@H](Cl)[C@H](C)N)cc1S(N)(=O)=O. The highest BCUT2D eigenvalue weighted by molar-refractivity contribution is 7.89. The van der Waals surface area contributed by atoms with Crippen LogP contribution in [-0.2, 0) is 10.0 Å². The lowest BCUT2D eigenvalue weighted by Gasteiger charge is -2.15. The Morgan fingerprint density at radius 3 is 2.41 bits per heavy atom. The normalized spacial score (nSPS) is 15.4. The highest BCUT2D eigenvalue weighted by Crippen LogP contribution is 2.30. The molecule has 0 aromatic heterocycles. The molecule has 0 bridgehead atoms. The fraction of sp³-hybridized carbons (Fsp3) is 0.400. The van der Waals surface area contributed by atoms with E-state index in [4.69, 9.17) is 27.2 Å². The first kappa shape index (κ1) is 14.2. The number of benzene rings is 1. The second-order valence-corrected chi connectivity index (χ2v) is 5.72. The van der Waals surface area contributed by atoms with Crippen LogP contribution in [0.5, 0.6) is 5.75 Å². The molecular weight excluding hydrogens is 264 g/mol. The summed E-state index contributed by atoms with van der Waals surface area (Å²) >= 11 is 6.06. The van der Waals surface area contributed by atoms with Crippen LogP contribution in [-0.4, -0.2) is 21.6 Å². The van der Waals surface area contributed by atoms with E-state index in [9.17, 15) is 8.42 Å². The molecule has 0 radical (unpaired) electrons. The number of hydrogen-bond donors (Lipinski definition) is 2. The summed E-state index contributed by atoms with van der Waals surface area (Å²) in [4.78, 5) is -0.0937. The van der Waals surface area contributed by atoms with Crippen LogP contribution in [0.4, 0.5) is 0 Å². The molecule has 0 saturated heterocycles. The zero-order valence-electron chi connectivity index (χ0n) is 9.55. The van der Waals surface area contributed by atoms with Crippen LogP contribution in [0.25, 0.3) is 0 Å². The van der Waals surface area contributed by atoms with Gasteiger partial charge in [0.2, 0.25) is 10.0 Å². The van der Waals surface area contributed by atoms with Crippen molar-refractivity contribution < 1.29 is 13.2 Å². The first-order valence-electron chi connectivity index (χ1n) is 4.87. The van der Waals surface area contributed by atoms with Gasteiger partial charge >= 0.3 is 0 Å². The van der Waals surface area contributed by atoms with Crippen LogP contribution in [0.1, 0.15) is 17.9 Å². The Kier molecular flexibility index (Phi) is 4.37. The maximum absolute atomic E-state index is 11.4. The van der Waals surface area contributed by atoms with Gasteiger partial charge in [0.15, 0.2) is 0 Å². The van der Waals surface area contributed by atoms with E-state index in [1.807, 2.05) is 0 Å². The van der Waals surface area contributed by atoms with Crippen molar-refractivity contribution in [1.29, 1.82) is 0 Å². The predicted octanol–water partition coefficient (Wildman–Crippen LogP) is 0.970. The quantitative estimate of drug-likeness (QED) is 0.802. The van der Waals surface area contributed by atoms with Gasteiger partial charge in [0.1, 0.15) is 10.6 Å². The van der Waals surface area contributed by atoms with Crippen LogP contribution < -0.4 is 15.6 Å². The van der Waals surface area contributed by atoms with Crippen LogP contribution in [0.15, 0.2) is 23.1 Å². The van der Waals surface area contributed by atoms with Gasteiger partial charge < -0.3 is 10.5 Å². The lowest BCUT2D eigenvalue weighted by atomic mass is 10.1. The number of nitrogens with two attached hydrogens (primary N) is 2. The number of sulfonamides is 1. The highest BCUT2D eigenvalue weighted by atomic mass is 35.5. The molecule has 0 aliphatic rings. The predicted molar refractivity (Wildman–Crippen MR) is 66.6 cm³/mol. The van der Waals surface area contributed by atoms with E-state index < -0.39 is 15.4 Å². The lowest BCUT2D eigenvalue weighted by Crippen LogP contribution is -2.21. The summed E-state index contributed by atoms with van der Waals surface area (Å²) < 4.78 is 27.7. The molecule has 0 aliphatic heterocycles. The smallest absolute Gasteiger partial charge is 0.241 e. The maximum Gasteiger partial charge on any atom is 0.241 e. The number of rotatable bonds is 4. The molecule has 0 heterocycles. The Hall–Kier alpha value is -0.820. The van der Waals surface area contributed by atoms with E-state index >= 15 is 0 Å². The minimum absolute atomic E-state index is 0.0937. The molecule has 1 aromatic rings. The van der Waals surface area contributed by atoms with Gasteiger partial charge in [-0.3, -0.25) is 0 Å². The molecule has 0 fully saturated rings. The van der Waals surface area contributed by atoms with Crippen molar-refractivity contribution in [2.24, 2.45) is 10.9 Å². The Balaban J connectivity index is 3.33. The summed E-state index contributed by atoms with van der Waals surface area (Å²) in [6, 6.07) is 4.25. The number of alkyl halides is 1. The summed E-state index contributed by atoms with van der Waals surface area (Å²) in [5.74, 6) is 0.185. The monoisotopic (exact) mass is 278 g/mol. The first-order chi connectivity index (χ1) is 7.77. The maximum atomic E-state index is 11.4. The van der Waals surface area contributed by atoms with Crippen LogP contribution in [0.2, 0.25) is 0 Å². The van der Waals surface area contributed by atoms with E-state index in [0.29, 0.717) is 5.56 Å². The van der Waals surface area contributed by atoms with Gasteiger partial charge in [-0.2, -0.15) is 0 Å². The second-order valence-electron chi connectivity index (χ2n) is 3.72. The molecule has 1 aromatic carbocycles. The number of methoxy groups -OCH3 is 1. The van der Waals surface area contributed by atoms with Crippen molar-refractivity contribution >= 4 is 21.6 Å². The van der Waals surface area contributed by atoms with Crippen molar-refractivity contribution in [3.05, 3.63) is 23.8 Å². The van der Waals surface area contributed by atoms with Crippen molar-refractivity contribution in [1.82, 2.24) is 0 Å². The zero-order valence-corrected chi connectivity index (χ0v) is 11.1. The number of hydrogen-bond acceptors (Lipinski definition) is 4. The second kappa shape index (κ2) is 5.22. The van der Waals surface area contributed by atoms with Crippen molar-refractivity contribution in [3.8, 4) is 5.75 Å². The molecule has 7 heteroatoms. The molecule has 1 rings (SSSR count). The van der Waals surface area contributed by atoms with Crippen molar-refractivity contribution in [2.45, 2.75) is 23.2 Å². The van der Waals surface area contributed by atoms with Crippen LogP contribution >= 0.6 is 11.6 Å². The van der Waals surface area contributed by atoms with Gasteiger partial charge in [-0.25, -0.2) is 13.6 Å². The van der Waals surface area contributed by atoms with Gasteiger partial charge in [-0.15, -0.1) is 11.6 Å². The number of ether oxygens (including phenoxy) is 1. The van der Waals surface area contributed by atoms with Crippen molar-refractivity contribution in [2.75, 3.05) is 7.11 Å². The van der Waals surface area contributed by atoms with E-state index in [2.05, 4.69) is 0 Å². The van der Waals surface area contributed by atoms with E-state index in [-0.39, 0.29) is 16.7 Å². The van der Waals surface area contributed by atoms with Gasteiger partial charge in [0.25, 0.3) is 0 Å². The first-order valence-corrected chi connectivity index (χ1v) is 6.86. The third-order valence-electron chi connectivity index (χ3n) is 2.27. The van der Waals surface area contributed by atoms with Gasteiger partial charge in [-0.1, -0.05) is 6.07 Å². The van der Waals surface area contributed by atoms with E-state index in [1.54, 1.807) is 13.0 Å². The van der Waals surface area contributed by atoms with Gasteiger partial charge in [-0.05, 0) is 24.6 Å². The molecule has 0 aliphatic carbocycles. The average Bonchev–Trinajstić information content (AvgIpc) is 2.25. The summed E-state index contributed by atoms with van der Waals surface area (Å²) in [5, 5.41) is 4.61. The third-order valence-corrected chi connectivity index (χ3v) is 3.86. The minimum atomic E-state index is -3.85. The molecule has 96 valence electrons. The summed E-state index contributed by atoms with van der Waals surface area (Å²) in [5.41, 5.74) is 6.24. The Labute approximate surface area is 106 Å². The van der Waals surface area contributed by atoms with Crippen LogP contribution in [0.3, 0.4) is 0 Å². The summed E-state index contributed by atoms with van der Waals surface area (Å²) in [7, 11) is -2.48. The fourth-order valence-corrected chi connectivity index (χ4v) is 2.26.